The third-order valence-corrected chi connectivity index (χ3v) is 3.41. The molecule has 2 aromatic rings. The molecule has 0 aromatic heterocycles. The molecular weight excluding hydrogens is 327 g/mol. The van der Waals surface area contributed by atoms with Gasteiger partial charge in [0.15, 0.2) is 17.6 Å². The number of carbonyl (C=O) groups excluding carboxylic acids is 2. The summed E-state index contributed by atoms with van der Waals surface area (Å²) in [5.74, 6) is -1.31. The Balaban J connectivity index is 1.99. The molecule has 0 aliphatic carbocycles. The molecule has 25 heavy (non-hydrogen) atoms. The molecule has 0 radical (unpaired) electrons. The highest BCUT2D eigenvalue weighted by Gasteiger charge is 2.18. The first-order valence-electron chi connectivity index (χ1n) is 7.46. The second kappa shape index (κ2) is 8.10. The third-order valence-electron chi connectivity index (χ3n) is 3.41. The molecule has 0 fully saturated rings. The maximum atomic E-state index is 12.9. The SMILES string of the molecule is COc1cc(/C=C/C(=O)O[C@H](C)C(=O)c2ccc(F)cc2)ccc1O. The second-order valence-electron chi connectivity index (χ2n) is 5.21. The molecule has 1 N–H and O–H groups in total. The molecule has 0 heterocycles. The van der Waals surface area contributed by atoms with Crippen LogP contribution in [-0.4, -0.2) is 30.1 Å². The van der Waals surface area contributed by atoms with Crippen molar-refractivity contribution in [2.24, 2.45) is 0 Å². The van der Waals surface area contributed by atoms with E-state index in [4.69, 9.17) is 9.47 Å². The van der Waals surface area contributed by atoms with E-state index in [0.717, 1.165) is 0 Å². The lowest BCUT2D eigenvalue weighted by Crippen LogP contribution is -2.23. The van der Waals surface area contributed by atoms with Crippen LogP contribution in [0.2, 0.25) is 0 Å². The van der Waals surface area contributed by atoms with Crippen molar-refractivity contribution in [2.75, 3.05) is 7.11 Å². The Morgan fingerprint density at radius 2 is 1.84 bits per heavy atom. The van der Waals surface area contributed by atoms with Crippen LogP contribution >= 0.6 is 0 Å². The van der Waals surface area contributed by atoms with Gasteiger partial charge in [-0.25, -0.2) is 9.18 Å². The van der Waals surface area contributed by atoms with Gasteiger partial charge in [-0.3, -0.25) is 4.79 Å². The maximum Gasteiger partial charge on any atom is 0.331 e. The molecule has 6 heteroatoms. The van der Waals surface area contributed by atoms with Gasteiger partial charge in [-0.2, -0.15) is 0 Å². The van der Waals surface area contributed by atoms with E-state index in [2.05, 4.69) is 0 Å². The number of hydrogen-bond acceptors (Lipinski definition) is 5. The summed E-state index contributed by atoms with van der Waals surface area (Å²) in [6.07, 6.45) is 1.64. The Bertz CT molecular complexity index is 796. The Morgan fingerprint density at radius 1 is 1.16 bits per heavy atom. The van der Waals surface area contributed by atoms with Crippen LogP contribution in [-0.2, 0) is 9.53 Å². The van der Waals surface area contributed by atoms with E-state index < -0.39 is 23.7 Å². The van der Waals surface area contributed by atoms with E-state index in [0.29, 0.717) is 5.56 Å². The predicted octanol–water partition coefficient (Wildman–Crippen LogP) is 3.37. The van der Waals surface area contributed by atoms with Crippen molar-refractivity contribution in [3.8, 4) is 11.5 Å². The molecule has 0 amide bonds. The van der Waals surface area contributed by atoms with Crippen LogP contribution in [0.4, 0.5) is 4.39 Å². The molecule has 0 saturated carbocycles. The number of halogens is 1. The minimum atomic E-state index is -1.00. The number of Topliss-reactive ketones (excluding diaryl/α,β-unsaturated/α-hetero) is 1. The van der Waals surface area contributed by atoms with Gasteiger partial charge in [0.1, 0.15) is 5.82 Å². The minimum absolute atomic E-state index is 0.0132. The Labute approximate surface area is 144 Å². The zero-order valence-corrected chi connectivity index (χ0v) is 13.7. The lowest BCUT2D eigenvalue weighted by Gasteiger charge is -2.10. The van der Waals surface area contributed by atoms with E-state index in [-0.39, 0.29) is 17.1 Å². The monoisotopic (exact) mass is 344 g/mol. The van der Waals surface area contributed by atoms with Crippen LogP contribution in [0.25, 0.3) is 6.08 Å². The fourth-order valence-corrected chi connectivity index (χ4v) is 2.08. The third kappa shape index (κ3) is 4.91. The van der Waals surface area contributed by atoms with Crippen molar-refractivity contribution in [2.45, 2.75) is 13.0 Å². The van der Waals surface area contributed by atoms with E-state index >= 15 is 0 Å². The van der Waals surface area contributed by atoms with E-state index in [9.17, 15) is 19.1 Å². The smallest absolute Gasteiger partial charge is 0.331 e. The van der Waals surface area contributed by atoms with Crippen LogP contribution in [0.1, 0.15) is 22.8 Å². The van der Waals surface area contributed by atoms with E-state index in [1.165, 1.54) is 56.5 Å². The summed E-state index contributed by atoms with van der Waals surface area (Å²) >= 11 is 0. The highest BCUT2D eigenvalue weighted by molar-refractivity contribution is 6.01. The highest BCUT2D eigenvalue weighted by Crippen LogP contribution is 2.26. The number of aromatic hydroxyl groups is 1. The molecule has 2 rings (SSSR count). The van der Waals surface area contributed by atoms with Gasteiger partial charge in [-0.15, -0.1) is 0 Å². The van der Waals surface area contributed by atoms with Gasteiger partial charge in [0, 0.05) is 11.6 Å². The molecule has 0 aliphatic heterocycles. The molecule has 2 aromatic carbocycles. The molecular formula is C19H17FO5. The number of ether oxygens (including phenoxy) is 2. The number of esters is 1. The van der Waals surface area contributed by atoms with Gasteiger partial charge in [-0.1, -0.05) is 6.07 Å². The number of phenolic OH excluding ortho intramolecular Hbond substituents is 1. The molecule has 1 atom stereocenters. The molecule has 130 valence electrons. The molecule has 0 saturated heterocycles. The van der Waals surface area contributed by atoms with Gasteiger partial charge in [0.05, 0.1) is 7.11 Å². The normalized spacial score (nSPS) is 12.0. The average Bonchev–Trinajstić information content (AvgIpc) is 2.61. The highest BCUT2D eigenvalue weighted by atomic mass is 19.1. The first-order valence-corrected chi connectivity index (χ1v) is 7.46. The number of hydrogen-bond donors (Lipinski definition) is 1. The fraction of sp³-hybridized carbons (Fsp3) is 0.158. The number of methoxy groups -OCH3 is 1. The molecule has 0 spiro atoms. The molecule has 0 aliphatic rings. The van der Waals surface area contributed by atoms with Crippen LogP contribution in [0.15, 0.2) is 48.5 Å². The summed E-state index contributed by atoms with van der Waals surface area (Å²) in [6.45, 7) is 1.45. The number of rotatable bonds is 6. The predicted molar refractivity (Wildman–Crippen MR) is 90.0 cm³/mol. The topological polar surface area (TPSA) is 72.8 Å². The lowest BCUT2D eigenvalue weighted by molar-refractivity contribution is -0.140. The molecule has 0 unspecified atom stereocenters. The largest absolute Gasteiger partial charge is 0.504 e. The fourth-order valence-electron chi connectivity index (χ4n) is 2.08. The molecule has 5 nitrogen and oxygen atoms in total. The Morgan fingerprint density at radius 3 is 2.48 bits per heavy atom. The standard InChI is InChI=1S/C19H17FO5/c1-12(19(23)14-5-7-15(20)8-6-14)25-18(22)10-4-13-3-9-16(21)17(11-13)24-2/h3-12,21H,1-2H3/b10-4+/t12-/m1/s1. The number of benzene rings is 2. The summed E-state index contributed by atoms with van der Waals surface area (Å²) in [5.41, 5.74) is 0.873. The Hall–Kier alpha value is -3.15. The maximum absolute atomic E-state index is 12.9. The van der Waals surface area contributed by atoms with Crippen molar-refractivity contribution >= 4 is 17.8 Å². The van der Waals surface area contributed by atoms with Crippen molar-refractivity contribution < 1.29 is 28.6 Å². The van der Waals surface area contributed by atoms with Crippen molar-refractivity contribution in [1.82, 2.24) is 0 Å². The quantitative estimate of drug-likeness (QED) is 0.494. The number of carbonyl (C=O) groups is 2. The van der Waals surface area contributed by atoms with Crippen molar-refractivity contribution in [1.29, 1.82) is 0 Å². The summed E-state index contributed by atoms with van der Waals surface area (Å²) in [4.78, 5) is 24.0. The van der Waals surface area contributed by atoms with Gasteiger partial charge < -0.3 is 14.6 Å². The van der Waals surface area contributed by atoms with Gasteiger partial charge in [0.25, 0.3) is 0 Å². The number of phenols is 1. The summed E-state index contributed by atoms with van der Waals surface area (Å²) in [7, 11) is 1.42. The van der Waals surface area contributed by atoms with Crippen molar-refractivity contribution in [3.05, 3.63) is 65.5 Å². The van der Waals surface area contributed by atoms with Crippen LogP contribution in [0.3, 0.4) is 0 Å². The lowest BCUT2D eigenvalue weighted by atomic mass is 10.1. The van der Waals surface area contributed by atoms with Gasteiger partial charge in [0.2, 0.25) is 5.78 Å². The van der Waals surface area contributed by atoms with Crippen LogP contribution in [0, 0.1) is 5.82 Å². The Kier molecular flexibility index (Phi) is 5.89. The van der Waals surface area contributed by atoms with E-state index in [1.807, 2.05) is 0 Å². The van der Waals surface area contributed by atoms with Gasteiger partial charge in [-0.05, 0) is 55.0 Å². The zero-order valence-electron chi connectivity index (χ0n) is 13.7. The summed E-state index contributed by atoms with van der Waals surface area (Å²) in [5, 5.41) is 9.52. The first kappa shape index (κ1) is 18.2. The first-order chi connectivity index (χ1) is 11.9. The average molecular weight is 344 g/mol. The summed E-state index contributed by atoms with van der Waals surface area (Å²) < 4.78 is 22.9. The van der Waals surface area contributed by atoms with E-state index in [1.54, 1.807) is 12.1 Å². The minimum Gasteiger partial charge on any atom is -0.504 e. The van der Waals surface area contributed by atoms with Crippen LogP contribution < -0.4 is 4.74 Å². The second-order valence-corrected chi connectivity index (χ2v) is 5.21. The molecule has 0 bridgehead atoms. The van der Waals surface area contributed by atoms with Crippen molar-refractivity contribution in [3.63, 3.8) is 0 Å². The van der Waals surface area contributed by atoms with Crippen LogP contribution in [0.5, 0.6) is 11.5 Å². The zero-order chi connectivity index (χ0) is 18.4. The summed E-state index contributed by atoms with van der Waals surface area (Å²) in [6, 6.07) is 9.58. The number of ketones is 1. The van der Waals surface area contributed by atoms with Gasteiger partial charge >= 0.3 is 5.97 Å².